The topological polar surface area (TPSA) is 49.4 Å². The Balaban J connectivity index is 1.64. The van der Waals surface area contributed by atoms with E-state index >= 15 is 0 Å². The van der Waals surface area contributed by atoms with Gasteiger partial charge in [0, 0.05) is 24.1 Å². The molecule has 1 fully saturated rings. The Kier molecular flexibility index (Phi) is 6.05. The zero-order valence-corrected chi connectivity index (χ0v) is 15.2. The molecule has 0 aromatic heterocycles. The van der Waals surface area contributed by atoms with Gasteiger partial charge in [0.05, 0.1) is 6.54 Å². The number of carbonyl (C=O) groups excluding carboxylic acids is 2. The SMILES string of the molecule is CC[C@@H](c1ccccc1)[C@H]1CCCN1C(=O)CNC(=O)c1ccccc1. The molecule has 4 heteroatoms. The fourth-order valence-electron chi connectivity index (χ4n) is 3.90. The van der Waals surface area contributed by atoms with Gasteiger partial charge in [0.2, 0.25) is 5.91 Å². The van der Waals surface area contributed by atoms with Crippen LogP contribution in [-0.2, 0) is 4.79 Å². The van der Waals surface area contributed by atoms with E-state index in [9.17, 15) is 9.59 Å². The summed E-state index contributed by atoms with van der Waals surface area (Å²) in [5.74, 6) is 0.142. The minimum Gasteiger partial charge on any atom is -0.343 e. The van der Waals surface area contributed by atoms with Crippen LogP contribution in [0.2, 0.25) is 0 Å². The van der Waals surface area contributed by atoms with Gasteiger partial charge in [-0.05, 0) is 37.0 Å². The van der Waals surface area contributed by atoms with E-state index < -0.39 is 0 Å². The first-order valence-electron chi connectivity index (χ1n) is 9.38. The van der Waals surface area contributed by atoms with E-state index in [1.165, 1.54) is 5.56 Å². The van der Waals surface area contributed by atoms with Crippen LogP contribution in [-0.4, -0.2) is 35.8 Å². The van der Waals surface area contributed by atoms with Crippen LogP contribution in [0, 0.1) is 0 Å². The van der Waals surface area contributed by atoms with Crippen LogP contribution < -0.4 is 5.32 Å². The van der Waals surface area contributed by atoms with Gasteiger partial charge >= 0.3 is 0 Å². The number of rotatable bonds is 6. The van der Waals surface area contributed by atoms with Crippen LogP contribution in [0.15, 0.2) is 60.7 Å². The monoisotopic (exact) mass is 350 g/mol. The second-order valence-electron chi connectivity index (χ2n) is 6.77. The summed E-state index contributed by atoms with van der Waals surface area (Å²) >= 11 is 0. The van der Waals surface area contributed by atoms with Crippen molar-refractivity contribution in [1.82, 2.24) is 10.2 Å². The highest BCUT2D eigenvalue weighted by Crippen LogP contribution is 2.33. The molecule has 1 saturated heterocycles. The fourth-order valence-corrected chi connectivity index (χ4v) is 3.90. The summed E-state index contributed by atoms with van der Waals surface area (Å²) in [6, 6.07) is 19.6. The number of nitrogens with zero attached hydrogens (tertiary/aromatic N) is 1. The lowest BCUT2D eigenvalue weighted by atomic mass is 9.87. The third kappa shape index (κ3) is 4.13. The quantitative estimate of drug-likeness (QED) is 0.865. The molecule has 2 aromatic carbocycles. The third-order valence-corrected chi connectivity index (χ3v) is 5.19. The molecule has 0 unspecified atom stereocenters. The van der Waals surface area contributed by atoms with E-state index in [0.717, 1.165) is 25.8 Å². The number of carbonyl (C=O) groups is 2. The predicted octanol–water partition coefficient (Wildman–Crippen LogP) is 3.60. The normalized spacial score (nSPS) is 17.7. The lowest BCUT2D eigenvalue weighted by Gasteiger charge is -2.31. The van der Waals surface area contributed by atoms with Gasteiger partial charge in [0.25, 0.3) is 5.91 Å². The van der Waals surface area contributed by atoms with Gasteiger partial charge in [0.15, 0.2) is 0 Å². The number of likely N-dealkylation sites (tertiary alicyclic amines) is 1. The number of benzene rings is 2. The molecule has 0 radical (unpaired) electrons. The van der Waals surface area contributed by atoms with Gasteiger partial charge < -0.3 is 10.2 Å². The van der Waals surface area contributed by atoms with E-state index in [0.29, 0.717) is 11.5 Å². The van der Waals surface area contributed by atoms with Crippen molar-refractivity contribution >= 4 is 11.8 Å². The summed E-state index contributed by atoms with van der Waals surface area (Å²) in [7, 11) is 0. The number of hydrogen-bond acceptors (Lipinski definition) is 2. The summed E-state index contributed by atoms with van der Waals surface area (Å²) in [5.41, 5.74) is 1.86. The third-order valence-electron chi connectivity index (χ3n) is 5.19. The number of hydrogen-bond donors (Lipinski definition) is 1. The predicted molar refractivity (Wildman–Crippen MR) is 103 cm³/mol. The molecule has 136 valence electrons. The summed E-state index contributed by atoms with van der Waals surface area (Å²) in [4.78, 5) is 26.9. The smallest absolute Gasteiger partial charge is 0.251 e. The molecular formula is C22H26N2O2. The van der Waals surface area contributed by atoms with Crippen molar-refractivity contribution in [2.24, 2.45) is 0 Å². The van der Waals surface area contributed by atoms with Crippen molar-refractivity contribution in [2.45, 2.75) is 38.1 Å². The van der Waals surface area contributed by atoms with Crippen LogP contribution in [0.5, 0.6) is 0 Å². The molecule has 4 nitrogen and oxygen atoms in total. The van der Waals surface area contributed by atoms with Gasteiger partial charge in [-0.1, -0.05) is 55.5 Å². The van der Waals surface area contributed by atoms with Crippen molar-refractivity contribution < 1.29 is 9.59 Å². The molecule has 1 N–H and O–H groups in total. The van der Waals surface area contributed by atoms with E-state index in [1.807, 2.05) is 29.2 Å². The zero-order valence-electron chi connectivity index (χ0n) is 15.2. The van der Waals surface area contributed by atoms with E-state index in [1.54, 1.807) is 12.1 Å². The molecule has 26 heavy (non-hydrogen) atoms. The summed E-state index contributed by atoms with van der Waals surface area (Å²) < 4.78 is 0. The zero-order chi connectivity index (χ0) is 18.4. The highest BCUT2D eigenvalue weighted by molar-refractivity contribution is 5.96. The molecule has 2 atom stereocenters. The van der Waals surface area contributed by atoms with Gasteiger partial charge in [-0.2, -0.15) is 0 Å². The first kappa shape index (κ1) is 18.2. The Morgan fingerprint density at radius 1 is 1.08 bits per heavy atom. The van der Waals surface area contributed by atoms with Gasteiger partial charge in [-0.15, -0.1) is 0 Å². The van der Waals surface area contributed by atoms with Crippen molar-refractivity contribution in [3.63, 3.8) is 0 Å². The van der Waals surface area contributed by atoms with Crippen molar-refractivity contribution in [1.29, 1.82) is 0 Å². The maximum Gasteiger partial charge on any atom is 0.251 e. The summed E-state index contributed by atoms with van der Waals surface area (Å²) in [6.45, 7) is 3.00. The maximum absolute atomic E-state index is 12.8. The molecule has 2 aromatic rings. The van der Waals surface area contributed by atoms with Gasteiger partial charge in [-0.3, -0.25) is 9.59 Å². The second kappa shape index (κ2) is 8.65. The highest BCUT2D eigenvalue weighted by Gasteiger charge is 2.34. The minimum atomic E-state index is -0.204. The fraction of sp³-hybridized carbons (Fsp3) is 0.364. The Morgan fingerprint density at radius 3 is 2.38 bits per heavy atom. The Bertz CT molecular complexity index is 730. The van der Waals surface area contributed by atoms with Crippen LogP contribution in [0.25, 0.3) is 0 Å². The van der Waals surface area contributed by atoms with E-state index in [4.69, 9.17) is 0 Å². The molecule has 0 saturated carbocycles. The first-order chi connectivity index (χ1) is 12.7. The maximum atomic E-state index is 12.8. The molecule has 0 aliphatic carbocycles. The summed E-state index contributed by atoms with van der Waals surface area (Å²) in [5, 5.41) is 2.76. The molecule has 0 bridgehead atoms. The first-order valence-corrected chi connectivity index (χ1v) is 9.38. The molecule has 3 rings (SSSR count). The largest absolute Gasteiger partial charge is 0.343 e. The van der Waals surface area contributed by atoms with Gasteiger partial charge in [0.1, 0.15) is 0 Å². The minimum absolute atomic E-state index is 0.00571. The van der Waals surface area contributed by atoms with Crippen LogP contribution >= 0.6 is 0 Å². The van der Waals surface area contributed by atoms with Crippen LogP contribution in [0.1, 0.15) is 48.0 Å². The van der Waals surface area contributed by atoms with Crippen molar-refractivity contribution in [3.8, 4) is 0 Å². The van der Waals surface area contributed by atoms with Gasteiger partial charge in [-0.25, -0.2) is 0 Å². The van der Waals surface area contributed by atoms with Crippen molar-refractivity contribution in [3.05, 3.63) is 71.8 Å². The average Bonchev–Trinajstić information content (AvgIpc) is 3.17. The van der Waals surface area contributed by atoms with Crippen molar-refractivity contribution in [2.75, 3.05) is 13.1 Å². The molecule has 0 spiro atoms. The van der Waals surface area contributed by atoms with E-state index in [2.05, 4.69) is 36.5 Å². The van der Waals surface area contributed by atoms with E-state index in [-0.39, 0.29) is 24.4 Å². The van der Waals surface area contributed by atoms with Crippen LogP contribution in [0.4, 0.5) is 0 Å². The summed E-state index contributed by atoms with van der Waals surface area (Å²) in [6.07, 6.45) is 3.03. The molecule has 2 amide bonds. The Morgan fingerprint density at radius 2 is 1.73 bits per heavy atom. The number of amides is 2. The lowest BCUT2D eigenvalue weighted by molar-refractivity contribution is -0.131. The Labute approximate surface area is 155 Å². The molecule has 1 aliphatic heterocycles. The average molecular weight is 350 g/mol. The lowest BCUT2D eigenvalue weighted by Crippen LogP contribution is -2.44. The highest BCUT2D eigenvalue weighted by atomic mass is 16.2. The second-order valence-corrected chi connectivity index (χ2v) is 6.77. The Hall–Kier alpha value is -2.62. The standard InChI is InChI=1S/C22H26N2O2/c1-2-19(17-10-5-3-6-11-17)20-14-9-15-24(20)21(25)16-23-22(26)18-12-7-4-8-13-18/h3-8,10-13,19-20H,2,9,14-16H2,1H3,(H,23,26)/t19-,20+/m0/s1. The molecule has 1 heterocycles. The molecule has 1 aliphatic rings. The van der Waals surface area contributed by atoms with Crippen LogP contribution in [0.3, 0.4) is 0 Å². The number of nitrogens with one attached hydrogen (secondary N) is 1. The molecular weight excluding hydrogens is 324 g/mol.